The molecule has 0 bridgehead atoms. The Morgan fingerprint density at radius 2 is 2.05 bits per heavy atom. The van der Waals surface area contributed by atoms with Crippen molar-refractivity contribution in [2.75, 3.05) is 0 Å². The van der Waals surface area contributed by atoms with Crippen LogP contribution in [0.5, 0.6) is 0 Å². The largest absolute Gasteiger partial charge is 0.348 e. The van der Waals surface area contributed by atoms with Crippen molar-refractivity contribution in [3.8, 4) is 0 Å². The van der Waals surface area contributed by atoms with E-state index in [4.69, 9.17) is 0 Å². The number of hydrogen-bond acceptors (Lipinski definition) is 2. The highest BCUT2D eigenvalue weighted by atomic mass is 16.1. The van der Waals surface area contributed by atoms with E-state index < -0.39 is 0 Å². The molecule has 0 aliphatic carbocycles. The number of nitrogens with one attached hydrogen (secondary N) is 1. The summed E-state index contributed by atoms with van der Waals surface area (Å²) in [5.41, 5.74) is 3.56. The molecular formula is C16H15N3O. The lowest BCUT2D eigenvalue weighted by Crippen LogP contribution is -2.23. The van der Waals surface area contributed by atoms with Gasteiger partial charge >= 0.3 is 0 Å². The molecule has 0 saturated carbocycles. The van der Waals surface area contributed by atoms with Crippen molar-refractivity contribution in [3.05, 3.63) is 71.7 Å². The number of aryl methyl sites for hydroxylation is 1. The van der Waals surface area contributed by atoms with Crippen molar-refractivity contribution in [1.29, 1.82) is 0 Å². The van der Waals surface area contributed by atoms with Crippen molar-refractivity contribution >= 4 is 11.6 Å². The van der Waals surface area contributed by atoms with Crippen LogP contribution >= 0.6 is 0 Å². The van der Waals surface area contributed by atoms with Crippen molar-refractivity contribution < 1.29 is 4.79 Å². The van der Waals surface area contributed by atoms with Crippen LogP contribution in [0.4, 0.5) is 0 Å². The monoisotopic (exact) mass is 265 g/mol. The molecule has 2 aromatic heterocycles. The molecule has 0 fully saturated rings. The lowest BCUT2D eigenvalue weighted by Gasteiger charge is -2.08. The molecule has 100 valence electrons. The zero-order chi connectivity index (χ0) is 13.9. The molecule has 3 aromatic rings. The van der Waals surface area contributed by atoms with Crippen LogP contribution in [-0.2, 0) is 6.54 Å². The van der Waals surface area contributed by atoms with E-state index in [0.717, 1.165) is 5.56 Å². The van der Waals surface area contributed by atoms with Gasteiger partial charge in [0.1, 0.15) is 5.65 Å². The average Bonchev–Trinajstić information content (AvgIpc) is 2.94. The first-order valence-electron chi connectivity index (χ1n) is 6.50. The number of hydrogen-bond donors (Lipinski definition) is 1. The van der Waals surface area contributed by atoms with Gasteiger partial charge in [-0.05, 0) is 30.2 Å². The summed E-state index contributed by atoms with van der Waals surface area (Å²) in [6, 6.07) is 11.7. The highest BCUT2D eigenvalue weighted by Crippen LogP contribution is 2.10. The zero-order valence-electron chi connectivity index (χ0n) is 11.2. The van der Waals surface area contributed by atoms with Gasteiger partial charge in [0.2, 0.25) is 0 Å². The summed E-state index contributed by atoms with van der Waals surface area (Å²) in [6.45, 7) is 2.56. The molecule has 0 atom stereocenters. The molecule has 0 spiro atoms. The van der Waals surface area contributed by atoms with Crippen LogP contribution in [0, 0.1) is 6.92 Å². The Hall–Kier alpha value is -2.62. The average molecular weight is 265 g/mol. The number of aromatic nitrogens is 2. The topological polar surface area (TPSA) is 46.4 Å². The Balaban J connectivity index is 1.80. The fourth-order valence-electron chi connectivity index (χ4n) is 2.20. The number of amides is 1. The molecule has 3 rings (SSSR count). The first-order valence-corrected chi connectivity index (χ1v) is 6.50. The smallest absolute Gasteiger partial charge is 0.255 e. The van der Waals surface area contributed by atoms with E-state index >= 15 is 0 Å². The van der Waals surface area contributed by atoms with Crippen molar-refractivity contribution in [2.24, 2.45) is 0 Å². The first kappa shape index (κ1) is 12.4. The second-order valence-electron chi connectivity index (χ2n) is 4.69. The molecule has 0 radical (unpaired) electrons. The molecule has 20 heavy (non-hydrogen) atoms. The maximum Gasteiger partial charge on any atom is 0.255 e. The third-order valence-electron chi connectivity index (χ3n) is 3.36. The molecule has 0 aliphatic rings. The highest BCUT2D eigenvalue weighted by molar-refractivity contribution is 5.99. The van der Waals surface area contributed by atoms with Gasteiger partial charge in [-0.2, -0.15) is 0 Å². The molecule has 2 heterocycles. The summed E-state index contributed by atoms with van der Waals surface area (Å²) in [7, 11) is 0. The number of carbonyl (C=O) groups is 1. The van der Waals surface area contributed by atoms with Crippen LogP contribution in [0.1, 0.15) is 21.5 Å². The van der Waals surface area contributed by atoms with Gasteiger partial charge in [0.05, 0.1) is 5.56 Å². The number of pyridine rings is 1. The summed E-state index contributed by atoms with van der Waals surface area (Å²) >= 11 is 0. The standard InChI is InChI=1S/C16H15N3O/c1-12-5-2-3-6-13(12)11-18-16(20)14-7-4-9-19-10-8-17-15(14)19/h2-10H,11H2,1H3,(H,18,20). The fraction of sp³-hybridized carbons (Fsp3) is 0.125. The SMILES string of the molecule is Cc1ccccc1CNC(=O)c1cccn2ccnc12. The van der Waals surface area contributed by atoms with Crippen molar-refractivity contribution in [3.63, 3.8) is 0 Å². The molecular weight excluding hydrogens is 250 g/mol. The molecule has 0 unspecified atom stereocenters. The van der Waals surface area contributed by atoms with Gasteiger partial charge < -0.3 is 9.72 Å². The van der Waals surface area contributed by atoms with E-state index in [1.165, 1.54) is 5.56 Å². The van der Waals surface area contributed by atoms with E-state index in [1.54, 1.807) is 12.3 Å². The Bertz CT molecular complexity index is 761. The summed E-state index contributed by atoms with van der Waals surface area (Å²) in [4.78, 5) is 16.5. The quantitative estimate of drug-likeness (QED) is 0.791. The van der Waals surface area contributed by atoms with E-state index in [1.807, 2.05) is 54.0 Å². The first-order chi connectivity index (χ1) is 9.75. The normalized spacial score (nSPS) is 10.7. The van der Waals surface area contributed by atoms with Crippen LogP contribution < -0.4 is 5.32 Å². The van der Waals surface area contributed by atoms with Gasteiger partial charge in [0, 0.05) is 25.1 Å². The Morgan fingerprint density at radius 1 is 1.20 bits per heavy atom. The number of imidazole rings is 1. The Labute approximate surface area is 117 Å². The van der Waals surface area contributed by atoms with E-state index in [9.17, 15) is 4.79 Å². The van der Waals surface area contributed by atoms with Gasteiger partial charge in [-0.25, -0.2) is 4.98 Å². The van der Waals surface area contributed by atoms with Gasteiger partial charge in [-0.3, -0.25) is 4.79 Å². The van der Waals surface area contributed by atoms with Crippen LogP contribution in [0.15, 0.2) is 55.0 Å². The summed E-state index contributed by atoms with van der Waals surface area (Å²) in [5.74, 6) is -0.106. The van der Waals surface area contributed by atoms with Crippen LogP contribution in [0.25, 0.3) is 5.65 Å². The minimum atomic E-state index is -0.106. The molecule has 0 aliphatic heterocycles. The van der Waals surface area contributed by atoms with Gasteiger partial charge in [-0.15, -0.1) is 0 Å². The predicted molar refractivity (Wildman–Crippen MR) is 77.5 cm³/mol. The van der Waals surface area contributed by atoms with Crippen molar-refractivity contribution in [1.82, 2.24) is 14.7 Å². The molecule has 4 nitrogen and oxygen atoms in total. The molecule has 1 amide bonds. The number of fused-ring (bicyclic) bond motifs is 1. The summed E-state index contributed by atoms with van der Waals surface area (Å²) in [6.07, 6.45) is 5.39. The van der Waals surface area contributed by atoms with Gasteiger partial charge in [0.15, 0.2) is 0 Å². The van der Waals surface area contributed by atoms with Crippen LogP contribution in [0.2, 0.25) is 0 Å². The maximum atomic E-state index is 12.3. The van der Waals surface area contributed by atoms with Crippen LogP contribution in [0.3, 0.4) is 0 Å². The van der Waals surface area contributed by atoms with Crippen LogP contribution in [-0.4, -0.2) is 15.3 Å². The third kappa shape index (κ3) is 2.28. The second-order valence-corrected chi connectivity index (χ2v) is 4.69. The maximum absolute atomic E-state index is 12.3. The number of rotatable bonds is 3. The molecule has 1 N–H and O–H groups in total. The zero-order valence-corrected chi connectivity index (χ0v) is 11.2. The van der Waals surface area contributed by atoms with Crippen molar-refractivity contribution in [2.45, 2.75) is 13.5 Å². The second kappa shape index (κ2) is 5.17. The predicted octanol–water partition coefficient (Wildman–Crippen LogP) is 2.57. The molecule has 1 aromatic carbocycles. The lowest BCUT2D eigenvalue weighted by molar-refractivity contribution is 0.0952. The number of nitrogens with zero attached hydrogens (tertiary/aromatic N) is 2. The molecule has 0 saturated heterocycles. The molecule has 4 heteroatoms. The third-order valence-corrected chi connectivity index (χ3v) is 3.36. The van der Waals surface area contributed by atoms with E-state index in [2.05, 4.69) is 10.3 Å². The van der Waals surface area contributed by atoms with Gasteiger partial charge in [-0.1, -0.05) is 24.3 Å². The summed E-state index contributed by atoms with van der Waals surface area (Å²) in [5, 5.41) is 2.95. The number of benzene rings is 1. The summed E-state index contributed by atoms with van der Waals surface area (Å²) < 4.78 is 1.84. The minimum Gasteiger partial charge on any atom is -0.348 e. The number of carbonyl (C=O) groups excluding carboxylic acids is 1. The Kier molecular flexibility index (Phi) is 3.21. The van der Waals surface area contributed by atoms with E-state index in [0.29, 0.717) is 17.8 Å². The fourth-order valence-corrected chi connectivity index (χ4v) is 2.20. The minimum absolute atomic E-state index is 0.106. The Morgan fingerprint density at radius 3 is 2.90 bits per heavy atom. The van der Waals surface area contributed by atoms with Gasteiger partial charge in [0.25, 0.3) is 5.91 Å². The highest BCUT2D eigenvalue weighted by Gasteiger charge is 2.11. The van der Waals surface area contributed by atoms with E-state index in [-0.39, 0.29) is 5.91 Å². The lowest BCUT2D eigenvalue weighted by atomic mass is 10.1.